The third kappa shape index (κ3) is 6.99. The minimum Gasteiger partial charge on any atom is -0.396 e. The molecule has 0 amide bonds. The van der Waals surface area contributed by atoms with E-state index in [-0.39, 0.29) is 36.5 Å². The number of halogens is 3. The van der Waals surface area contributed by atoms with Gasteiger partial charge in [-0.15, -0.1) is 24.0 Å². The van der Waals surface area contributed by atoms with Crippen LogP contribution < -0.4 is 10.6 Å². The fourth-order valence-corrected chi connectivity index (χ4v) is 1.63. The molecule has 7 heteroatoms. The lowest BCUT2D eigenvalue weighted by atomic mass is 10.0. The molecule has 0 heterocycles. The van der Waals surface area contributed by atoms with Gasteiger partial charge in [0.05, 0.1) is 13.2 Å². The van der Waals surface area contributed by atoms with Crippen LogP contribution >= 0.6 is 24.0 Å². The van der Waals surface area contributed by atoms with Gasteiger partial charge in [0.1, 0.15) is 0 Å². The fourth-order valence-electron chi connectivity index (χ4n) is 1.63. The molecule has 3 N–H and O–H groups in total. The van der Waals surface area contributed by atoms with E-state index in [1.165, 1.54) is 7.05 Å². The number of nitrogens with one attached hydrogen (secondary N) is 2. The highest BCUT2D eigenvalue weighted by Gasteiger charge is 2.11. The van der Waals surface area contributed by atoms with Crippen molar-refractivity contribution in [3.05, 3.63) is 35.9 Å². The van der Waals surface area contributed by atoms with Crippen molar-refractivity contribution >= 4 is 29.9 Å². The van der Waals surface area contributed by atoms with Gasteiger partial charge in [-0.25, -0.2) is 8.78 Å². The predicted molar refractivity (Wildman–Crippen MR) is 87.1 cm³/mol. The maximum Gasteiger partial charge on any atom is 0.255 e. The zero-order chi connectivity index (χ0) is 14.1. The highest BCUT2D eigenvalue weighted by molar-refractivity contribution is 14.0. The number of aliphatic hydroxyl groups excluding tert-OH is 1. The normalized spacial score (nSPS) is 12.8. The molecular formula is C13H20F2IN3O. The first kappa shape index (κ1) is 19.0. The van der Waals surface area contributed by atoms with Crippen LogP contribution in [0.25, 0.3) is 0 Å². The summed E-state index contributed by atoms with van der Waals surface area (Å²) in [5.74, 6) is 0.195. The molecule has 1 aromatic carbocycles. The predicted octanol–water partition coefficient (Wildman–Crippen LogP) is 1.81. The highest BCUT2D eigenvalue weighted by atomic mass is 127. The number of aliphatic hydroxyl groups is 1. The number of rotatable bonds is 6. The van der Waals surface area contributed by atoms with Crippen LogP contribution in [0.15, 0.2) is 35.3 Å². The Morgan fingerprint density at radius 1 is 1.20 bits per heavy atom. The molecule has 0 aliphatic heterocycles. The van der Waals surface area contributed by atoms with Crippen molar-refractivity contribution in [2.24, 2.45) is 4.99 Å². The minimum absolute atomic E-state index is 0. The molecule has 0 aliphatic rings. The summed E-state index contributed by atoms with van der Waals surface area (Å²) < 4.78 is 24.2. The van der Waals surface area contributed by atoms with Gasteiger partial charge in [0.2, 0.25) is 0 Å². The average molecular weight is 399 g/mol. The van der Waals surface area contributed by atoms with Gasteiger partial charge < -0.3 is 15.7 Å². The lowest BCUT2D eigenvalue weighted by Gasteiger charge is -2.18. The molecule has 0 aliphatic carbocycles. The van der Waals surface area contributed by atoms with Crippen LogP contribution in [-0.2, 0) is 0 Å². The van der Waals surface area contributed by atoms with Crippen LogP contribution in [0, 0.1) is 0 Å². The monoisotopic (exact) mass is 399 g/mol. The van der Waals surface area contributed by atoms with E-state index in [2.05, 4.69) is 15.6 Å². The summed E-state index contributed by atoms with van der Waals surface area (Å²) in [6.45, 7) is -0.0545. The molecule has 0 saturated heterocycles. The lowest BCUT2D eigenvalue weighted by Crippen LogP contribution is -2.41. The summed E-state index contributed by atoms with van der Waals surface area (Å²) in [6, 6.07) is 9.51. The van der Waals surface area contributed by atoms with Crippen molar-refractivity contribution in [3.63, 3.8) is 0 Å². The Bertz CT molecular complexity index is 390. The Kier molecular flexibility index (Phi) is 10.3. The first-order chi connectivity index (χ1) is 9.17. The lowest BCUT2D eigenvalue weighted by molar-refractivity contribution is 0.152. The Morgan fingerprint density at radius 2 is 1.80 bits per heavy atom. The van der Waals surface area contributed by atoms with E-state index in [0.29, 0.717) is 12.5 Å². The number of guanidine groups is 1. The van der Waals surface area contributed by atoms with E-state index in [9.17, 15) is 13.9 Å². The van der Waals surface area contributed by atoms with E-state index >= 15 is 0 Å². The Hall–Kier alpha value is -0.960. The molecule has 1 unspecified atom stereocenters. The molecule has 20 heavy (non-hydrogen) atoms. The number of aliphatic imine (C=N–C) groups is 1. The molecule has 0 fully saturated rings. The van der Waals surface area contributed by atoms with Gasteiger partial charge in [-0.2, -0.15) is 0 Å². The molecule has 0 aromatic heterocycles. The molecule has 0 bridgehead atoms. The molecular weight excluding hydrogens is 379 g/mol. The first-order valence-corrected chi connectivity index (χ1v) is 6.05. The quantitative estimate of drug-likeness (QED) is 0.389. The number of nitrogens with zero attached hydrogens (tertiary/aromatic N) is 1. The van der Waals surface area contributed by atoms with E-state index in [4.69, 9.17) is 0 Å². The van der Waals surface area contributed by atoms with Crippen molar-refractivity contribution in [2.75, 3.05) is 26.7 Å². The largest absolute Gasteiger partial charge is 0.396 e. The molecule has 0 radical (unpaired) electrons. The molecule has 0 spiro atoms. The van der Waals surface area contributed by atoms with Gasteiger partial charge in [-0.1, -0.05) is 30.3 Å². The van der Waals surface area contributed by atoms with Gasteiger partial charge in [-0.05, 0) is 5.56 Å². The second-order valence-electron chi connectivity index (χ2n) is 4.02. The van der Waals surface area contributed by atoms with E-state index in [1.807, 2.05) is 30.3 Å². The Morgan fingerprint density at radius 3 is 2.30 bits per heavy atom. The van der Waals surface area contributed by atoms with Crippen molar-refractivity contribution in [1.29, 1.82) is 0 Å². The molecule has 1 atom stereocenters. The van der Waals surface area contributed by atoms with E-state index in [0.717, 1.165) is 5.56 Å². The number of hydrogen-bond donors (Lipinski definition) is 3. The zero-order valence-corrected chi connectivity index (χ0v) is 13.6. The molecule has 1 aromatic rings. The second-order valence-corrected chi connectivity index (χ2v) is 4.02. The fraction of sp³-hybridized carbons (Fsp3) is 0.462. The standard InChI is InChI=1S/C13H19F2N3O.HI/c1-16-13(18-8-12(14)15)17-7-11(9-19)10-5-3-2-4-6-10;/h2-6,11-12,19H,7-9H2,1H3,(H2,16,17,18);1H. The van der Waals surface area contributed by atoms with Crippen molar-refractivity contribution < 1.29 is 13.9 Å². The summed E-state index contributed by atoms with van der Waals surface area (Å²) in [6.07, 6.45) is -2.43. The van der Waals surface area contributed by atoms with Crippen molar-refractivity contribution in [3.8, 4) is 0 Å². The van der Waals surface area contributed by atoms with Crippen LogP contribution in [0.3, 0.4) is 0 Å². The third-order valence-corrected chi connectivity index (χ3v) is 2.65. The first-order valence-electron chi connectivity index (χ1n) is 6.05. The molecule has 4 nitrogen and oxygen atoms in total. The van der Waals surface area contributed by atoms with Gasteiger partial charge in [0.25, 0.3) is 6.43 Å². The topological polar surface area (TPSA) is 56.7 Å². The Balaban J connectivity index is 0.00000361. The summed E-state index contributed by atoms with van der Waals surface area (Å²) in [5.41, 5.74) is 0.988. The zero-order valence-electron chi connectivity index (χ0n) is 11.2. The smallest absolute Gasteiger partial charge is 0.255 e. The van der Waals surface area contributed by atoms with Crippen LogP contribution in [0.1, 0.15) is 11.5 Å². The summed E-state index contributed by atoms with van der Waals surface area (Å²) in [7, 11) is 1.51. The Labute approximate surface area is 134 Å². The molecule has 0 saturated carbocycles. The summed E-state index contributed by atoms with van der Waals surface area (Å²) in [5, 5.41) is 14.8. The third-order valence-electron chi connectivity index (χ3n) is 2.65. The highest BCUT2D eigenvalue weighted by Crippen LogP contribution is 2.13. The van der Waals surface area contributed by atoms with Gasteiger partial charge >= 0.3 is 0 Å². The summed E-state index contributed by atoms with van der Waals surface area (Å²) in [4.78, 5) is 3.84. The van der Waals surface area contributed by atoms with Gasteiger partial charge in [-0.3, -0.25) is 4.99 Å². The number of hydrogen-bond acceptors (Lipinski definition) is 2. The van der Waals surface area contributed by atoms with Crippen LogP contribution in [0.5, 0.6) is 0 Å². The van der Waals surface area contributed by atoms with E-state index < -0.39 is 13.0 Å². The number of alkyl halides is 2. The van der Waals surface area contributed by atoms with Crippen LogP contribution in [0.2, 0.25) is 0 Å². The minimum atomic E-state index is -2.43. The van der Waals surface area contributed by atoms with Gasteiger partial charge in [0.15, 0.2) is 5.96 Å². The summed E-state index contributed by atoms with van der Waals surface area (Å²) >= 11 is 0. The van der Waals surface area contributed by atoms with Crippen molar-refractivity contribution in [1.82, 2.24) is 10.6 Å². The van der Waals surface area contributed by atoms with Crippen LogP contribution in [-0.4, -0.2) is 44.2 Å². The second kappa shape index (κ2) is 10.8. The SMILES string of the molecule is CN=C(NCC(F)F)NCC(CO)c1ccccc1.I. The maximum absolute atomic E-state index is 12.1. The maximum atomic E-state index is 12.1. The number of benzene rings is 1. The average Bonchev–Trinajstić information content (AvgIpc) is 2.43. The van der Waals surface area contributed by atoms with Crippen molar-refractivity contribution in [2.45, 2.75) is 12.3 Å². The van der Waals surface area contributed by atoms with Gasteiger partial charge in [0, 0.05) is 19.5 Å². The van der Waals surface area contributed by atoms with E-state index in [1.54, 1.807) is 0 Å². The molecule has 114 valence electrons. The van der Waals surface area contributed by atoms with Crippen LogP contribution in [0.4, 0.5) is 8.78 Å². The molecule has 1 rings (SSSR count).